The Morgan fingerprint density at radius 1 is 1.42 bits per heavy atom. The van der Waals surface area contributed by atoms with Crippen LogP contribution in [0.5, 0.6) is 0 Å². The van der Waals surface area contributed by atoms with Gasteiger partial charge >= 0.3 is 0 Å². The van der Waals surface area contributed by atoms with Gasteiger partial charge < -0.3 is 15.8 Å². The highest BCUT2D eigenvalue weighted by Gasteiger charge is 2.09. The molecule has 19 heavy (non-hydrogen) atoms. The maximum absolute atomic E-state index is 13.0. The summed E-state index contributed by atoms with van der Waals surface area (Å²) >= 11 is 0. The van der Waals surface area contributed by atoms with Gasteiger partial charge in [0.15, 0.2) is 0 Å². The van der Waals surface area contributed by atoms with Crippen molar-refractivity contribution >= 4 is 11.6 Å². The molecular weight excluding hydrogens is 247 g/mol. The SMILES string of the molecule is CC(C)CCOCCNC(=O)c1cc(F)ccc1N. The molecular formula is C14H21FN2O2. The Bertz CT molecular complexity index is 422. The van der Waals surface area contributed by atoms with Crippen molar-refractivity contribution < 1.29 is 13.9 Å². The van der Waals surface area contributed by atoms with Crippen LogP contribution in [0.2, 0.25) is 0 Å². The number of nitrogen functional groups attached to an aromatic ring is 1. The fraction of sp³-hybridized carbons (Fsp3) is 0.500. The number of rotatable bonds is 7. The molecule has 1 aromatic rings. The van der Waals surface area contributed by atoms with Crippen molar-refractivity contribution in [3.05, 3.63) is 29.6 Å². The molecule has 0 atom stereocenters. The second-order valence-electron chi connectivity index (χ2n) is 4.78. The predicted octanol–water partition coefficient (Wildman–Crippen LogP) is 2.20. The quantitative estimate of drug-likeness (QED) is 0.588. The molecule has 0 unspecified atom stereocenters. The third-order valence-corrected chi connectivity index (χ3v) is 2.63. The summed E-state index contributed by atoms with van der Waals surface area (Å²) in [5.74, 6) is -0.265. The van der Waals surface area contributed by atoms with E-state index in [1.54, 1.807) is 0 Å². The first-order valence-corrected chi connectivity index (χ1v) is 6.41. The van der Waals surface area contributed by atoms with E-state index in [0.29, 0.717) is 25.7 Å². The third kappa shape index (κ3) is 5.70. The van der Waals surface area contributed by atoms with Crippen LogP contribution in [-0.2, 0) is 4.74 Å². The summed E-state index contributed by atoms with van der Waals surface area (Å²) < 4.78 is 18.4. The standard InChI is InChI=1S/C14H21FN2O2/c1-10(2)5-7-19-8-6-17-14(18)12-9-11(15)3-4-13(12)16/h3-4,9-10H,5-8,16H2,1-2H3,(H,17,18). The Hall–Kier alpha value is -1.62. The summed E-state index contributed by atoms with van der Waals surface area (Å²) in [6.07, 6.45) is 0.991. The molecule has 0 aliphatic carbocycles. The largest absolute Gasteiger partial charge is 0.398 e. The van der Waals surface area contributed by atoms with Crippen molar-refractivity contribution in [2.45, 2.75) is 20.3 Å². The van der Waals surface area contributed by atoms with Gasteiger partial charge in [0.25, 0.3) is 5.91 Å². The normalized spacial score (nSPS) is 10.7. The average Bonchev–Trinajstić information content (AvgIpc) is 2.36. The van der Waals surface area contributed by atoms with Gasteiger partial charge in [-0.05, 0) is 30.5 Å². The number of anilines is 1. The first-order chi connectivity index (χ1) is 9.00. The van der Waals surface area contributed by atoms with Crippen LogP contribution in [0.25, 0.3) is 0 Å². The highest BCUT2D eigenvalue weighted by atomic mass is 19.1. The number of carbonyl (C=O) groups is 1. The fourth-order valence-corrected chi connectivity index (χ4v) is 1.48. The van der Waals surface area contributed by atoms with Crippen molar-refractivity contribution in [2.75, 3.05) is 25.5 Å². The van der Waals surface area contributed by atoms with E-state index in [0.717, 1.165) is 12.5 Å². The highest BCUT2D eigenvalue weighted by Crippen LogP contribution is 2.12. The third-order valence-electron chi connectivity index (χ3n) is 2.63. The molecule has 106 valence electrons. The lowest BCUT2D eigenvalue weighted by molar-refractivity contribution is 0.0906. The van der Waals surface area contributed by atoms with E-state index in [9.17, 15) is 9.18 Å². The first kappa shape index (κ1) is 15.4. The Morgan fingerprint density at radius 3 is 2.84 bits per heavy atom. The number of halogens is 1. The highest BCUT2D eigenvalue weighted by molar-refractivity contribution is 5.99. The minimum Gasteiger partial charge on any atom is -0.398 e. The Morgan fingerprint density at radius 2 is 2.16 bits per heavy atom. The van der Waals surface area contributed by atoms with Crippen LogP contribution in [-0.4, -0.2) is 25.7 Å². The molecule has 0 aliphatic heterocycles. The van der Waals surface area contributed by atoms with Crippen molar-refractivity contribution in [1.29, 1.82) is 0 Å². The van der Waals surface area contributed by atoms with Crippen LogP contribution >= 0.6 is 0 Å². The smallest absolute Gasteiger partial charge is 0.253 e. The summed E-state index contributed by atoms with van der Waals surface area (Å²) in [6.45, 7) is 5.74. The van der Waals surface area contributed by atoms with Crippen LogP contribution in [0.15, 0.2) is 18.2 Å². The van der Waals surface area contributed by atoms with Gasteiger partial charge in [0.1, 0.15) is 5.82 Å². The molecule has 0 saturated carbocycles. The van der Waals surface area contributed by atoms with Crippen LogP contribution in [0, 0.1) is 11.7 Å². The fourth-order valence-electron chi connectivity index (χ4n) is 1.48. The van der Waals surface area contributed by atoms with Crippen LogP contribution in [0.3, 0.4) is 0 Å². The molecule has 0 aliphatic rings. The molecule has 0 bridgehead atoms. The second kappa shape index (κ2) is 7.74. The molecule has 1 rings (SSSR count). The van der Waals surface area contributed by atoms with Crippen molar-refractivity contribution in [2.24, 2.45) is 5.92 Å². The molecule has 0 aromatic heterocycles. The van der Waals surface area contributed by atoms with E-state index in [2.05, 4.69) is 19.2 Å². The van der Waals surface area contributed by atoms with Gasteiger partial charge in [0.2, 0.25) is 0 Å². The summed E-state index contributed by atoms with van der Waals surface area (Å²) in [6, 6.07) is 3.73. The molecule has 5 heteroatoms. The molecule has 0 heterocycles. The van der Waals surface area contributed by atoms with E-state index < -0.39 is 5.82 Å². The van der Waals surface area contributed by atoms with Crippen molar-refractivity contribution in [3.8, 4) is 0 Å². The zero-order valence-corrected chi connectivity index (χ0v) is 11.4. The monoisotopic (exact) mass is 268 g/mol. The Balaban J connectivity index is 2.29. The van der Waals surface area contributed by atoms with E-state index in [4.69, 9.17) is 10.5 Å². The van der Waals surface area contributed by atoms with Crippen molar-refractivity contribution in [3.63, 3.8) is 0 Å². The van der Waals surface area contributed by atoms with Gasteiger partial charge in [-0.15, -0.1) is 0 Å². The number of amides is 1. The number of benzene rings is 1. The lowest BCUT2D eigenvalue weighted by Gasteiger charge is -2.09. The maximum atomic E-state index is 13.0. The number of carbonyl (C=O) groups excluding carboxylic acids is 1. The molecule has 0 spiro atoms. The number of nitrogens with two attached hydrogens (primary N) is 1. The van der Waals surface area contributed by atoms with Gasteiger partial charge in [-0.3, -0.25) is 4.79 Å². The summed E-state index contributed by atoms with van der Waals surface area (Å²) in [4.78, 5) is 11.7. The van der Waals surface area contributed by atoms with E-state index in [1.165, 1.54) is 12.1 Å². The van der Waals surface area contributed by atoms with E-state index in [1.807, 2.05) is 0 Å². The summed E-state index contributed by atoms with van der Waals surface area (Å²) in [5, 5.41) is 2.64. The van der Waals surface area contributed by atoms with Crippen molar-refractivity contribution in [1.82, 2.24) is 5.32 Å². The average molecular weight is 268 g/mol. The van der Waals surface area contributed by atoms with Gasteiger partial charge in [-0.2, -0.15) is 0 Å². The minimum absolute atomic E-state index is 0.155. The molecule has 1 amide bonds. The Kier molecular flexibility index (Phi) is 6.29. The molecule has 3 N–H and O–H groups in total. The zero-order valence-electron chi connectivity index (χ0n) is 11.4. The number of hydrogen-bond donors (Lipinski definition) is 2. The van der Waals surface area contributed by atoms with Crippen LogP contribution in [0.4, 0.5) is 10.1 Å². The summed E-state index contributed by atoms with van der Waals surface area (Å²) in [5.41, 5.74) is 6.04. The topological polar surface area (TPSA) is 64.3 Å². The molecule has 0 saturated heterocycles. The molecule has 0 radical (unpaired) electrons. The lowest BCUT2D eigenvalue weighted by atomic mass is 10.1. The lowest BCUT2D eigenvalue weighted by Crippen LogP contribution is -2.28. The van der Waals surface area contributed by atoms with Crippen LogP contribution < -0.4 is 11.1 Å². The number of hydrogen-bond acceptors (Lipinski definition) is 3. The second-order valence-corrected chi connectivity index (χ2v) is 4.78. The van der Waals surface area contributed by atoms with Gasteiger partial charge in [-0.25, -0.2) is 4.39 Å². The van der Waals surface area contributed by atoms with Gasteiger partial charge in [-0.1, -0.05) is 13.8 Å². The number of nitrogens with one attached hydrogen (secondary N) is 1. The van der Waals surface area contributed by atoms with E-state index in [-0.39, 0.29) is 17.2 Å². The Labute approximate surface area is 113 Å². The molecule has 0 fully saturated rings. The maximum Gasteiger partial charge on any atom is 0.253 e. The molecule has 1 aromatic carbocycles. The van der Waals surface area contributed by atoms with Gasteiger partial charge in [0.05, 0.1) is 12.2 Å². The van der Waals surface area contributed by atoms with Gasteiger partial charge in [0, 0.05) is 18.8 Å². The van der Waals surface area contributed by atoms with Crippen LogP contribution in [0.1, 0.15) is 30.6 Å². The van der Waals surface area contributed by atoms with E-state index >= 15 is 0 Å². The zero-order chi connectivity index (χ0) is 14.3. The minimum atomic E-state index is -0.479. The summed E-state index contributed by atoms with van der Waals surface area (Å²) in [7, 11) is 0. The number of ether oxygens (including phenoxy) is 1. The molecule has 4 nitrogen and oxygen atoms in total. The predicted molar refractivity (Wildman–Crippen MR) is 73.4 cm³/mol. The first-order valence-electron chi connectivity index (χ1n) is 6.41.